The number of anilines is 1. The van der Waals surface area contributed by atoms with Gasteiger partial charge in [0, 0.05) is 17.0 Å². The van der Waals surface area contributed by atoms with E-state index in [1.54, 1.807) is 7.11 Å². The summed E-state index contributed by atoms with van der Waals surface area (Å²) < 4.78 is 5.34. The summed E-state index contributed by atoms with van der Waals surface area (Å²) in [6, 6.07) is 8.10. The van der Waals surface area contributed by atoms with Crippen LogP contribution in [0.3, 0.4) is 0 Å². The molecule has 0 bridgehead atoms. The number of benzene rings is 1. The van der Waals surface area contributed by atoms with E-state index < -0.39 is 0 Å². The maximum absolute atomic E-state index is 6.20. The molecule has 1 aromatic rings. The van der Waals surface area contributed by atoms with E-state index in [0.29, 0.717) is 11.2 Å². The van der Waals surface area contributed by atoms with Crippen LogP contribution >= 0.6 is 11.8 Å². The van der Waals surface area contributed by atoms with Gasteiger partial charge in [-0.2, -0.15) is 11.8 Å². The molecule has 2 heterocycles. The van der Waals surface area contributed by atoms with Crippen LogP contribution in [0.25, 0.3) is 0 Å². The first-order chi connectivity index (χ1) is 9.67. The molecule has 108 valence electrons. The van der Waals surface area contributed by atoms with E-state index in [0.717, 1.165) is 24.4 Å². The highest BCUT2D eigenvalue weighted by Gasteiger charge is 2.48. The fourth-order valence-corrected chi connectivity index (χ4v) is 4.50. The van der Waals surface area contributed by atoms with E-state index in [2.05, 4.69) is 22.9 Å². The van der Waals surface area contributed by atoms with Crippen LogP contribution < -0.4 is 15.4 Å². The second-order valence-electron chi connectivity index (χ2n) is 5.43. The Morgan fingerprint density at radius 1 is 1.50 bits per heavy atom. The van der Waals surface area contributed by atoms with Crippen molar-refractivity contribution in [2.45, 2.75) is 30.6 Å². The van der Waals surface area contributed by atoms with Crippen molar-refractivity contribution in [3.8, 4) is 5.75 Å². The minimum atomic E-state index is 0.0271. The number of hydrogen-bond acceptors (Lipinski definition) is 5. The SMILES string of the molecule is COc1cccc(N2C(N)=NCC23CCCSC3C)c1. The zero-order valence-electron chi connectivity index (χ0n) is 12.0. The fraction of sp³-hybridized carbons (Fsp3) is 0.533. The number of aliphatic imine (C=N–C) groups is 1. The zero-order valence-corrected chi connectivity index (χ0v) is 12.8. The van der Waals surface area contributed by atoms with E-state index in [4.69, 9.17) is 10.5 Å². The van der Waals surface area contributed by atoms with Crippen LogP contribution in [-0.4, -0.2) is 36.2 Å². The number of hydrogen-bond donors (Lipinski definition) is 1. The van der Waals surface area contributed by atoms with Crippen molar-refractivity contribution < 1.29 is 4.74 Å². The topological polar surface area (TPSA) is 50.9 Å². The Balaban J connectivity index is 2.01. The molecule has 2 unspecified atom stereocenters. The summed E-state index contributed by atoms with van der Waals surface area (Å²) in [5.74, 6) is 2.72. The Hall–Kier alpha value is -1.36. The molecule has 1 saturated heterocycles. The molecule has 4 nitrogen and oxygen atoms in total. The Labute approximate surface area is 124 Å². The van der Waals surface area contributed by atoms with Crippen molar-refractivity contribution >= 4 is 23.4 Å². The lowest BCUT2D eigenvalue weighted by Gasteiger charge is -2.46. The summed E-state index contributed by atoms with van der Waals surface area (Å²) >= 11 is 2.02. The summed E-state index contributed by atoms with van der Waals surface area (Å²) in [5.41, 5.74) is 7.30. The average Bonchev–Trinajstić information content (AvgIpc) is 2.80. The molecule has 0 radical (unpaired) electrons. The Morgan fingerprint density at radius 2 is 2.35 bits per heavy atom. The van der Waals surface area contributed by atoms with Crippen LogP contribution in [0, 0.1) is 0 Å². The van der Waals surface area contributed by atoms with E-state index in [-0.39, 0.29) is 5.54 Å². The number of guanidine groups is 1. The van der Waals surface area contributed by atoms with Gasteiger partial charge in [-0.05, 0) is 30.7 Å². The Kier molecular flexibility index (Phi) is 3.54. The first kappa shape index (κ1) is 13.6. The Bertz CT molecular complexity index is 534. The standard InChI is InChI=1S/C15H21N3OS/c1-11-15(7-4-8-20-11)10-17-14(16)18(15)12-5-3-6-13(9-12)19-2/h3,5-6,9,11H,4,7-8,10H2,1-2H3,(H2,16,17). The van der Waals surface area contributed by atoms with Crippen LogP contribution in [0.15, 0.2) is 29.3 Å². The minimum absolute atomic E-state index is 0.0271. The quantitative estimate of drug-likeness (QED) is 0.909. The third kappa shape index (κ3) is 2.04. The van der Waals surface area contributed by atoms with Crippen LogP contribution in [0.2, 0.25) is 0 Å². The fourth-order valence-electron chi connectivity index (χ4n) is 3.22. The maximum atomic E-state index is 6.20. The van der Waals surface area contributed by atoms with Gasteiger partial charge in [-0.15, -0.1) is 0 Å². The molecule has 2 aliphatic heterocycles. The van der Waals surface area contributed by atoms with Gasteiger partial charge in [0.15, 0.2) is 5.96 Å². The summed E-state index contributed by atoms with van der Waals surface area (Å²) in [5, 5.41) is 0.521. The van der Waals surface area contributed by atoms with Crippen LogP contribution in [-0.2, 0) is 0 Å². The van der Waals surface area contributed by atoms with E-state index in [9.17, 15) is 0 Å². The minimum Gasteiger partial charge on any atom is -0.497 e. The van der Waals surface area contributed by atoms with Gasteiger partial charge >= 0.3 is 0 Å². The predicted octanol–water partition coefficient (Wildman–Crippen LogP) is 2.48. The van der Waals surface area contributed by atoms with Crippen LogP contribution in [0.5, 0.6) is 5.75 Å². The van der Waals surface area contributed by atoms with Crippen molar-refractivity contribution in [1.29, 1.82) is 0 Å². The molecule has 2 N–H and O–H groups in total. The lowest BCUT2D eigenvalue weighted by Crippen LogP contribution is -2.58. The largest absolute Gasteiger partial charge is 0.497 e. The lowest BCUT2D eigenvalue weighted by atomic mass is 9.88. The molecule has 5 heteroatoms. The third-order valence-corrected chi connectivity index (χ3v) is 5.84. The number of ether oxygens (including phenoxy) is 1. The van der Waals surface area contributed by atoms with Crippen molar-refractivity contribution in [2.75, 3.05) is 24.3 Å². The van der Waals surface area contributed by atoms with E-state index >= 15 is 0 Å². The van der Waals surface area contributed by atoms with Crippen LogP contribution in [0.4, 0.5) is 5.69 Å². The van der Waals surface area contributed by atoms with Gasteiger partial charge in [0.25, 0.3) is 0 Å². The second-order valence-corrected chi connectivity index (χ2v) is 6.88. The van der Waals surface area contributed by atoms with Gasteiger partial charge in [-0.3, -0.25) is 4.99 Å². The molecular weight excluding hydrogens is 270 g/mol. The highest BCUT2D eigenvalue weighted by molar-refractivity contribution is 8.00. The van der Waals surface area contributed by atoms with Crippen molar-refractivity contribution in [1.82, 2.24) is 0 Å². The third-order valence-electron chi connectivity index (χ3n) is 4.38. The first-order valence-electron chi connectivity index (χ1n) is 7.03. The van der Waals surface area contributed by atoms with E-state index in [1.807, 2.05) is 30.0 Å². The smallest absolute Gasteiger partial charge is 0.196 e. The molecule has 1 aromatic carbocycles. The monoisotopic (exact) mass is 291 g/mol. The van der Waals surface area contributed by atoms with Crippen LogP contribution in [0.1, 0.15) is 19.8 Å². The Morgan fingerprint density at radius 3 is 3.10 bits per heavy atom. The molecule has 0 amide bonds. The van der Waals surface area contributed by atoms with Crippen molar-refractivity contribution in [3.05, 3.63) is 24.3 Å². The number of methoxy groups -OCH3 is 1. The number of rotatable bonds is 2. The molecule has 3 rings (SSSR count). The lowest BCUT2D eigenvalue weighted by molar-refractivity contribution is 0.401. The van der Waals surface area contributed by atoms with Crippen molar-refractivity contribution in [3.63, 3.8) is 0 Å². The maximum Gasteiger partial charge on any atom is 0.196 e. The van der Waals surface area contributed by atoms with Gasteiger partial charge in [0.05, 0.1) is 19.2 Å². The average molecular weight is 291 g/mol. The number of nitrogens with zero attached hydrogens (tertiary/aromatic N) is 2. The number of thioether (sulfide) groups is 1. The summed E-state index contributed by atoms with van der Waals surface area (Å²) in [7, 11) is 1.69. The van der Waals surface area contributed by atoms with Gasteiger partial charge in [-0.1, -0.05) is 13.0 Å². The zero-order chi connectivity index (χ0) is 14.2. The van der Waals surface area contributed by atoms with Gasteiger partial charge in [0.2, 0.25) is 0 Å². The predicted molar refractivity (Wildman–Crippen MR) is 85.8 cm³/mol. The first-order valence-corrected chi connectivity index (χ1v) is 8.08. The molecule has 20 heavy (non-hydrogen) atoms. The molecule has 1 fully saturated rings. The second kappa shape index (κ2) is 5.20. The van der Waals surface area contributed by atoms with Gasteiger partial charge in [-0.25, -0.2) is 0 Å². The van der Waals surface area contributed by atoms with E-state index in [1.165, 1.54) is 12.2 Å². The highest BCUT2D eigenvalue weighted by Crippen LogP contribution is 2.43. The van der Waals surface area contributed by atoms with Crippen molar-refractivity contribution in [2.24, 2.45) is 10.7 Å². The molecule has 2 aliphatic rings. The molecule has 2 atom stereocenters. The molecular formula is C15H21N3OS. The molecule has 0 saturated carbocycles. The molecule has 0 aromatic heterocycles. The summed E-state index contributed by atoms with van der Waals surface area (Å²) in [6.07, 6.45) is 2.36. The summed E-state index contributed by atoms with van der Waals surface area (Å²) in [6.45, 7) is 3.09. The normalized spacial score (nSPS) is 29.6. The van der Waals surface area contributed by atoms with Gasteiger partial charge < -0.3 is 15.4 Å². The number of nitrogens with two attached hydrogens (primary N) is 1. The van der Waals surface area contributed by atoms with Gasteiger partial charge in [0.1, 0.15) is 5.75 Å². The summed E-state index contributed by atoms with van der Waals surface area (Å²) in [4.78, 5) is 6.77. The molecule has 0 aliphatic carbocycles. The molecule has 1 spiro atoms. The highest BCUT2D eigenvalue weighted by atomic mass is 32.2.